The van der Waals surface area contributed by atoms with Gasteiger partial charge in [0.2, 0.25) is 5.95 Å². The highest BCUT2D eigenvalue weighted by molar-refractivity contribution is 9.10. The number of rotatable bonds is 2. The van der Waals surface area contributed by atoms with Crippen molar-refractivity contribution in [3.63, 3.8) is 0 Å². The van der Waals surface area contributed by atoms with E-state index in [-0.39, 0.29) is 0 Å². The molecule has 0 amide bonds. The molecule has 2 aromatic heterocycles. The van der Waals surface area contributed by atoms with E-state index in [1.165, 1.54) is 6.33 Å². The highest BCUT2D eigenvalue weighted by atomic mass is 79.9. The van der Waals surface area contributed by atoms with Crippen molar-refractivity contribution in [1.29, 1.82) is 0 Å². The summed E-state index contributed by atoms with van der Waals surface area (Å²) >= 11 is 3.44. The second kappa shape index (κ2) is 4.26. The molecule has 0 aliphatic carbocycles. The minimum Gasteiger partial charge on any atom is -0.382 e. The molecular weight excluding hydrogens is 296 g/mol. The van der Waals surface area contributed by atoms with Crippen molar-refractivity contribution in [1.82, 2.24) is 19.9 Å². The van der Waals surface area contributed by atoms with Gasteiger partial charge in [0.15, 0.2) is 11.5 Å². The first-order valence-electron chi connectivity index (χ1n) is 5.22. The zero-order chi connectivity index (χ0) is 12.5. The summed E-state index contributed by atoms with van der Waals surface area (Å²) in [7, 11) is 0. The molecule has 0 bridgehead atoms. The SMILES string of the molecule is Nc1nc(Nc2ccccc2Br)nc2nc[nH]c12. The molecule has 18 heavy (non-hydrogen) atoms. The van der Waals surface area contributed by atoms with Crippen molar-refractivity contribution in [2.24, 2.45) is 0 Å². The van der Waals surface area contributed by atoms with Crippen LogP contribution in [-0.4, -0.2) is 19.9 Å². The molecule has 0 unspecified atom stereocenters. The number of anilines is 3. The minimum atomic E-state index is 0.368. The van der Waals surface area contributed by atoms with Crippen molar-refractivity contribution in [3.8, 4) is 0 Å². The van der Waals surface area contributed by atoms with E-state index in [1.807, 2.05) is 24.3 Å². The van der Waals surface area contributed by atoms with Crippen LogP contribution < -0.4 is 11.1 Å². The maximum atomic E-state index is 5.82. The summed E-state index contributed by atoms with van der Waals surface area (Å²) in [5, 5.41) is 3.09. The van der Waals surface area contributed by atoms with E-state index >= 15 is 0 Å². The van der Waals surface area contributed by atoms with Gasteiger partial charge in [0.25, 0.3) is 0 Å². The number of imidazole rings is 1. The fraction of sp³-hybridized carbons (Fsp3) is 0. The summed E-state index contributed by atoms with van der Waals surface area (Å²) in [6, 6.07) is 7.70. The summed E-state index contributed by atoms with van der Waals surface area (Å²) in [4.78, 5) is 15.4. The Morgan fingerprint density at radius 2 is 2.06 bits per heavy atom. The summed E-state index contributed by atoms with van der Waals surface area (Å²) in [5.74, 6) is 0.783. The Labute approximate surface area is 111 Å². The number of hydrogen-bond acceptors (Lipinski definition) is 5. The van der Waals surface area contributed by atoms with Crippen LogP contribution in [0.2, 0.25) is 0 Å². The third kappa shape index (κ3) is 1.88. The first-order valence-corrected chi connectivity index (χ1v) is 6.01. The Morgan fingerprint density at radius 1 is 1.22 bits per heavy atom. The highest BCUT2D eigenvalue weighted by Crippen LogP contribution is 2.25. The molecule has 0 spiro atoms. The number of nitrogen functional groups attached to an aromatic ring is 1. The van der Waals surface area contributed by atoms with Crippen LogP contribution in [0.15, 0.2) is 35.1 Å². The standard InChI is InChI=1S/C11H9BrN6/c12-6-3-1-2-4-7(6)16-11-17-9(13)8-10(18-11)15-5-14-8/h1-5H,(H4,13,14,15,16,17,18). The normalized spacial score (nSPS) is 10.7. The Morgan fingerprint density at radius 3 is 2.89 bits per heavy atom. The number of aromatic nitrogens is 4. The van der Waals surface area contributed by atoms with Crippen molar-refractivity contribution in [3.05, 3.63) is 35.1 Å². The number of aromatic amines is 1. The van der Waals surface area contributed by atoms with Crippen molar-refractivity contribution in [2.45, 2.75) is 0 Å². The third-order valence-electron chi connectivity index (χ3n) is 2.43. The lowest BCUT2D eigenvalue weighted by molar-refractivity contribution is 1.20. The van der Waals surface area contributed by atoms with Gasteiger partial charge >= 0.3 is 0 Å². The van der Waals surface area contributed by atoms with Gasteiger partial charge in [-0.2, -0.15) is 9.97 Å². The molecule has 0 aliphatic heterocycles. The summed E-state index contributed by atoms with van der Waals surface area (Å²) in [6.07, 6.45) is 1.54. The molecule has 7 heteroatoms. The van der Waals surface area contributed by atoms with Gasteiger partial charge in [-0.15, -0.1) is 0 Å². The molecule has 0 fully saturated rings. The van der Waals surface area contributed by atoms with E-state index in [4.69, 9.17) is 5.73 Å². The maximum Gasteiger partial charge on any atom is 0.231 e. The number of nitrogens with two attached hydrogens (primary N) is 1. The number of fused-ring (bicyclic) bond motifs is 1. The van der Waals surface area contributed by atoms with Gasteiger partial charge < -0.3 is 16.0 Å². The third-order valence-corrected chi connectivity index (χ3v) is 3.13. The van der Waals surface area contributed by atoms with Gasteiger partial charge in [0, 0.05) is 4.47 Å². The molecular formula is C11H9BrN6. The van der Waals surface area contributed by atoms with Crippen LogP contribution in [0, 0.1) is 0 Å². The quantitative estimate of drug-likeness (QED) is 0.676. The first kappa shape index (κ1) is 11.0. The van der Waals surface area contributed by atoms with E-state index < -0.39 is 0 Å². The van der Waals surface area contributed by atoms with Crippen LogP contribution in [0.25, 0.3) is 11.2 Å². The average molecular weight is 305 g/mol. The summed E-state index contributed by atoms with van der Waals surface area (Å²) < 4.78 is 0.925. The number of nitrogens with one attached hydrogen (secondary N) is 2. The lowest BCUT2D eigenvalue weighted by Crippen LogP contribution is -2.01. The van der Waals surface area contributed by atoms with Crippen LogP contribution in [-0.2, 0) is 0 Å². The number of halogens is 1. The highest BCUT2D eigenvalue weighted by Gasteiger charge is 2.08. The Hall–Kier alpha value is -2.15. The molecule has 0 aliphatic rings. The predicted octanol–water partition coefficient (Wildman–Crippen LogP) is 2.44. The number of nitrogens with zero attached hydrogens (tertiary/aromatic N) is 3. The van der Waals surface area contributed by atoms with Crippen molar-refractivity contribution in [2.75, 3.05) is 11.1 Å². The lowest BCUT2D eigenvalue weighted by Gasteiger charge is -2.07. The molecule has 0 saturated heterocycles. The van der Waals surface area contributed by atoms with E-state index in [9.17, 15) is 0 Å². The molecule has 4 N–H and O–H groups in total. The largest absolute Gasteiger partial charge is 0.382 e. The first-order chi connectivity index (χ1) is 8.74. The van der Waals surface area contributed by atoms with E-state index in [0.29, 0.717) is 22.9 Å². The summed E-state index contributed by atoms with van der Waals surface area (Å²) in [6.45, 7) is 0. The molecule has 90 valence electrons. The van der Waals surface area contributed by atoms with Crippen LogP contribution >= 0.6 is 15.9 Å². The topological polar surface area (TPSA) is 92.5 Å². The lowest BCUT2D eigenvalue weighted by atomic mass is 10.3. The van der Waals surface area contributed by atoms with Crippen LogP contribution in [0.1, 0.15) is 0 Å². The zero-order valence-corrected chi connectivity index (χ0v) is 10.8. The number of benzene rings is 1. The maximum absolute atomic E-state index is 5.82. The molecule has 2 heterocycles. The Kier molecular flexibility index (Phi) is 2.60. The molecule has 0 radical (unpaired) electrons. The predicted molar refractivity (Wildman–Crippen MR) is 73.5 cm³/mol. The van der Waals surface area contributed by atoms with Gasteiger partial charge in [0.05, 0.1) is 12.0 Å². The van der Waals surface area contributed by atoms with Gasteiger partial charge in [-0.05, 0) is 28.1 Å². The number of para-hydroxylation sites is 1. The Balaban J connectivity index is 2.02. The van der Waals surface area contributed by atoms with Crippen molar-refractivity contribution >= 4 is 44.5 Å². The molecule has 0 saturated carbocycles. The minimum absolute atomic E-state index is 0.368. The fourth-order valence-electron chi connectivity index (χ4n) is 1.59. The molecule has 1 aromatic carbocycles. The second-order valence-electron chi connectivity index (χ2n) is 3.64. The van der Waals surface area contributed by atoms with Gasteiger partial charge in [-0.3, -0.25) is 0 Å². The molecule has 3 rings (SSSR count). The summed E-state index contributed by atoms with van der Waals surface area (Å²) in [5.41, 5.74) is 7.87. The second-order valence-corrected chi connectivity index (χ2v) is 4.49. The van der Waals surface area contributed by atoms with Crippen molar-refractivity contribution < 1.29 is 0 Å². The van der Waals surface area contributed by atoms with E-state index in [1.54, 1.807) is 0 Å². The number of H-pyrrole nitrogens is 1. The van der Waals surface area contributed by atoms with Gasteiger partial charge in [-0.25, -0.2) is 4.98 Å². The molecule has 3 aromatic rings. The van der Waals surface area contributed by atoms with Crippen LogP contribution in [0.3, 0.4) is 0 Å². The fourth-order valence-corrected chi connectivity index (χ4v) is 1.98. The van der Waals surface area contributed by atoms with Gasteiger partial charge in [-0.1, -0.05) is 12.1 Å². The number of hydrogen-bond donors (Lipinski definition) is 3. The van der Waals surface area contributed by atoms with Crippen LogP contribution in [0.5, 0.6) is 0 Å². The zero-order valence-electron chi connectivity index (χ0n) is 9.18. The molecule has 6 nitrogen and oxygen atoms in total. The average Bonchev–Trinajstić information content (AvgIpc) is 2.81. The van der Waals surface area contributed by atoms with Gasteiger partial charge in [0.1, 0.15) is 5.52 Å². The monoisotopic (exact) mass is 304 g/mol. The Bertz CT molecular complexity index is 708. The molecule has 0 atom stereocenters. The van der Waals surface area contributed by atoms with E-state index in [2.05, 4.69) is 41.2 Å². The van der Waals surface area contributed by atoms with E-state index in [0.717, 1.165) is 10.2 Å². The smallest absolute Gasteiger partial charge is 0.231 e. The van der Waals surface area contributed by atoms with Crippen LogP contribution in [0.4, 0.5) is 17.5 Å².